The zero-order valence-electron chi connectivity index (χ0n) is 9.76. The second-order valence-corrected chi connectivity index (χ2v) is 4.56. The molecule has 0 bridgehead atoms. The van der Waals surface area contributed by atoms with Gasteiger partial charge in [-0.2, -0.15) is 0 Å². The van der Waals surface area contributed by atoms with E-state index in [1.54, 1.807) is 12.1 Å². The van der Waals surface area contributed by atoms with E-state index >= 15 is 0 Å². The maximum Gasteiger partial charge on any atom is 0.348 e. The van der Waals surface area contributed by atoms with Gasteiger partial charge < -0.3 is 19.4 Å². The number of benzene rings is 1. The molecule has 0 saturated carbocycles. The molecular formula is C12H10ClNO5. The Balaban J connectivity index is 1.90. The quantitative estimate of drug-likeness (QED) is 0.894. The highest BCUT2D eigenvalue weighted by Gasteiger charge is 2.29. The molecule has 0 amide bonds. The zero-order chi connectivity index (χ0) is 13.4. The van der Waals surface area contributed by atoms with Crippen LogP contribution in [0.15, 0.2) is 17.3 Å². The number of hydrogen-bond donors (Lipinski definition) is 1. The summed E-state index contributed by atoms with van der Waals surface area (Å²) in [5, 5.41) is 13.0. The number of rotatable bonds is 2. The summed E-state index contributed by atoms with van der Waals surface area (Å²) in [4.78, 5) is 15.6. The van der Waals surface area contributed by atoms with Crippen molar-refractivity contribution in [3.63, 3.8) is 0 Å². The van der Waals surface area contributed by atoms with Gasteiger partial charge in [0.15, 0.2) is 11.5 Å². The van der Waals surface area contributed by atoms with E-state index in [9.17, 15) is 4.79 Å². The lowest BCUT2D eigenvalue weighted by molar-refractivity contribution is -0.148. The SMILES string of the molecule is O=C(O)C1CC(c2cc(Cl)c3c(c2)OCCO3)=NO1. The highest BCUT2D eigenvalue weighted by molar-refractivity contribution is 6.32. The molecule has 0 spiro atoms. The third kappa shape index (κ3) is 2.19. The number of oxime groups is 1. The van der Waals surface area contributed by atoms with Crippen molar-refractivity contribution in [1.82, 2.24) is 0 Å². The highest BCUT2D eigenvalue weighted by Crippen LogP contribution is 2.39. The molecule has 1 aromatic rings. The Morgan fingerprint density at radius 1 is 1.37 bits per heavy atom. The monoisotopic (exact) mass is 283 g/mol. The molecule has 1 N–H and O–H groups in total. The van der Waals surface area contributed by atoms with Crippen molar-refractivity contribution < 1.29 is 24.2 Å². The van der Waals surface area contributed by atoms with Crippen LogP contribution in [0.5, 0.6) is 11.5 Å². The molecule has 19 heavy (non-hydrogen) atoms. The molecule has 1 aromatic carbocycles. The van der Waals surface area contributed by atoms with E-state index in [0.29, 0.717) is 41.0 Å². The number of carboxylic acids is 1. The summed E-state index contributed by atoms with van der Waals surface area (Å²) in [6.07, 6.45) is -0.743. The van der Waals surface area contributed by atoms with E-state index in [4.69, 9.17) is 31.0 Å². The van der Waals surface area contributed by atoms with Gasteiger partial charge in [-0.1, -0.05) is 16.8 Å². The molecule has 0 fully saturated rings. The van der Waals surface area contributed by atoms with Crippen LogP contribution >= 0.6 is 11.6 Å². The molecule has 7 heteroatoms. The summed E-state index contributed by atoms with van der Waals surface area (Å²) >= 11 is 6.11. The van der Waals surface area contributed by atoms with E-state index in [-0.39, 0.29) is 6.42 Å². The average molecular weight is 284 g/mol. The van der Waals surface area contributed by atoms with Crippen molar-refractivity contribution in [2.75, 3.05) is 13.2 Å². The standard InChI is InChI=1S/C12H10ClNO5/c13-7-3-6(4-9-11(7)18-2-1-17-9)8-5-10(12(15)16)19-14-8/h3-4,10H,1-2,5H2,(H,15,16). The van der Waals surface area contributed by atoms with Crippen molar-refractivity contribution in [1.29, 1.82) is 0 Å². The van der Waals surface area contributed by atoms with Crippen LogP contribution in [0.25, 0.3) is 0 Å². The Labute approximate surface area is 113 Å². The molecular weight excluding hydrogens is 274 g/mol. The lowest BCUT2D eigenvalue weighted by Crippen LogP contribution is -2.20. The number of carbonyl (C=O) groups is 1. The molecule has 6 nitrogen and oxygen atoms in total. The summed E-state index contributed by atoms with van der Waals surface area (Å²) in [6, 6.07) is 3.40. The van der Waals surface area contributed by atoms with Gasteiger partial charge in [0.25, 0.3) is 0 Å². The number of aliphatic carboxylic acids is 1. The molecule has 0 aliphatic carbocycles. The van der Waals surface area contributed by atoms with Crippen LogP contribution in [0.2, 0.25) is 5.02 Å². The number of carboxylic acid groups (broad SMARTS) is 1. The zero-order valence-corrected chi connectivity index (χ0v) is 10.5. The van der Waals surface area contributed by atoms with Crippen molar-refractivity contribution in [3.8, 4) is 11.5 Å². The predicted molar refractivity (Wildman–Crippen MR) is 66.1 cm³/mol. The maximum atomic E-state index is 10.8. The van der Waals surface area contributed by atoms with Gasteiger partial charge in [-0.25, -0.2) is 4.79 Å². The number of halogens is 1. The van der Waals surface area contributed by atoms with Gasteiger partial charge in [-0.15, -0.1) is 0 Å². The molecule has 1 unspecified atom stereocenters. The Hall–Kier alpha value is -1.95. The molecule has 0 saturated heterocycles. The minimum atomic E-state index is -1.04. The van der Waals surface area contributed by atoms with Gasteiger partial charge in [0.05, 0.1) is 10.7 Å². The van der Waals surface area contributed by atoms with Gasteiger partial charge in [-0.05, 0) is 12.1 Å². The molecule has 2 aliphatic heterocycles. The first kappa shape index (κ1) is 12.1. The number of ether oxygens (including phenoxy) is 2. The molecule has 2 aliphatic rings. The lowest BCUT2D eigenvalue weighted by atomic mass is 10.0. The summed E-state index contributed by atoms with van der Waals surface area (Å²) in [5.74, 6) is 0.00332. The van der Waals surface area contributed by atoms with Crippen molar-refractivity contribution in [2.45, 2.75) is 12.5 Å². The third-order valence-electron chi connectivity index (χ3n) is 2.87. The predicted octanol–water partition coefficient (Wildman–Crippen LogP) is 1.69. The van der Waals surface area contributed by atoms with E-state index < -0.39 is 12.1 Å². The third-order valence-corrected chi connectivity index (χ3v) is 3.16. The molecule has 3 rings (SSSR count). The van der Waals surface area contributed by atoms with Crippen LogP contribution in [0.3, 0.4) is 0 Å². The van der Waals surface area contributed by atoms with Crippen LogP contribution in [0.4, 0.5) is 0 Å². The molecule has 0 radical (unpaired) electrons. The maximum absolute atomic E-state index is 10.8. The Morgan fingerprint density at radius 3 is 2.89 bits per heavy atom. The van der Waals surface area contributed by atoms with Gasteiger partial charge in [0.2, 0.25) is 6.10 Å². The topological polar surface area (TPSA) is 77.4 Å². The van der Waals surface area contributed by atoms with Crippen molar-refractivity contribution >= 4 is 23.3 Å². The smallest absolute Gasteiger partial charge is 0.348 e. The van der Waals surface area contributed by atoms with Crippen LogP contribution in [-0.4, -0.2) is 36.1 Å². The van der Waals surface area contributed by atoms with Gasteiger partial charge >= 0.3 is 5.97 Å². The molecule has 1 atom stereocenters. The number of fused-ring (bicyclic) bond motifs is 1. The number of nitrogens with zero attached hydrogens (tertiary/aromatic N) is 1. The van der Waals surface area contributed by atoms with Crippen LogP contribution in [0, 0.1) is 0 Å². The summed E-state index contributed by atoms with van der Waals surface area (Å²) in [6.45, 7) is 0.907. The minimum absolute atomic E-state index is 0.200. The minimum Gasteiger partial charge on any atom is -0.486 e. The molecule has 2 heterocycles. The average Bonchev–Trinajstić information content (AvgIpc) is 2.88. The van der Waals surface area contributed by atoms with Crippen molar-refractivity contribution in [2.24, 2.45) is 5.16 Å². The highest BCUT2D eigenvalue weighted by atomic mass is 35.5. The largest absolute Gasteiger partial charge is 0.486 e. The fourth-order valence-corrected chi connectivity index (χ4v) is 2.22. The Morgan fingerprint density at radius 2 is 2.16 bits per heavy atom. The normalized spacial score (nSPS) is 20.7. The molecule has 100 valence electrons. The second-order valence-electron chi connectivity index (χ2n) is 4.16. The van der Waals surface area contributed by atoms with Crippen LogP contribution in [-0.2, 0) is 9.63 Å². The Bertz CT molecular complexity index is 571. The van der Waals surface area contributed by atoms with E-state index in [2.05, 4.69) is 5.16 Å². The first-order valence-corrected chi connectivity index (χ1v) is 6.08. The van der Waals surface area contributed by atoms with E-state index in [1.807, 2.05) is 0 Å². The fraction of sp³-hybridized carbons (Fsp3) is 0.333. The summed E-state index contributed by atoms with van der Waals surface area (Å²) in [7, 11) is 0. The second kappa shape index (κ2) is 4.62. The van der Waals surface area contributed by atoms with Crippen LogP contribution < -0.4 is 9.47 Å². The van der Waals surface area contributed by atoms with Crippen molar-refractivity contribution in [3.05, 3.63) is 22.7 Å². The van der Waals surface area contributed by atoms with E-state index in [1.165, 1.54) is 0 Å². The first-order chi connectivity index (χ1) is 9.15. The van der Waals surface area contributed by atoms with Gasteiger partial charge in [0, 0.05) is 12.0 Å². The summed E-state index contributed by atoms with van der Waals surface area (Å²) in [5.41, 5.74) is 1.21. The first-order valence-electron chi connectivity index (χ1n) is 5.70. The number of hydrogen-bond acceptors (Lipinski definition) is 5. The Kier molecular flexibility index (Phi) is 2.94. The molecule has 0 aromatic heterocycles. The van der Waals surface area contributed by atoms with Gasteiger partial charge in [-0.3, -0.25) is 0 Å². The lowest BCUT2D eigenvalue weighted by Gasteiger charge is -2.20. The summed E-state index contributed by atoms with van der Waals surface area (Å²) < 4.78 is 10.9. The van der Waals surface area contributed by atoms with Gasteiger partial charge in [0.1, 0.15) is 13.2 Å². The van der Waals surface area contributed by atoms with Crippen LogP contribution in [0.1, 0.15) is 12.0 Å². The van der Waals surface area contributed by atoms with E-state index in [0.717, 1.165) is 0 Å². The fourth-order valence-electron chi connectivity index (χ4n) is 1.96.